The monoisotopic (exact) mass is 290 g/mol. The number of aromatic nitrogens is 1. The number of aromatic carboxylic acids is 1. The first-order valence-corrected chi connectivity index (χ1v) is 6.42. The van der Waals surface area contributed by atoms with Crippen LogP contribution in [0, 0.1) is 17.0 Å². The Kier molecular flexibility index (Phi) is 3.99. The molecule has 102 valence electrons. The standard InChI is InChI=1S/C13H10N2O4S/c1-8-4-5-10(15(18)19)11(7-8)20-12-9(13(16)17)3-2-6-14-12/h2-7H,1H3,(H,16,17). The molecule has 0 spiro atoms. The van der Waals surface area contributed by atoms with Crippen molar-refractivity contribution in [2.45, 2.75) is 16.8 Å². The fourth-order valence-corrected chi connectivity index (χ4v) is 2.67. The molecule has 1 N–H and O–H groups in total. The summed E-state index contributed by atoms with van der Waals surface area (Å²) in [7, 11) is 0. The van der Waals surface area contributed by atoms with E-state index >= 15 is 0 Å². The fraction of sp³-hybridized carbons (Fsp3) is 0.0769. The van der Waals surface area contributed by atoms with Crippen LogP contribution in [0.25, 0.3) is 0 Å². The second-order valence-corrected chi connectivity index (χ2v) is 5.02. The van der Waals surface area contributed by atoms with Gasteiger partial charge in [-0.2, -0.15) is 0 Å². The number of nitrogens with zero attached hydrogens (tertiary/aromatic N) is 2. The first-order chi connectivity index (χ1) is 9.49. The van der Waals surface area contributed by atoms with Crippen LogP contribution in [0.5, 0.6) is 0 Å². The van der Waals surface area contributed by atoms with Crippen LogP contribution in [0.15, 0.2) is 46.5 Å². The van der Waals surface area contributed by atoms with E-state index in [2.05, 4.69) is 4.98 Å². The minimum atomic E-state index is -1.11. The van der Waals surface area contributed by atoms with Crippen LogP contribution in [0.4, 0.5) is 5.69 Å². The molecule has 0 aliphatic carbocycles. The van der Waals surface area contributed by atoms with Gasteiger partial charge in [0.1, 0.15) is 5.03 Å². The minimum absolute atomic E-state index is 0.0216. The van der Waals surface area contributed by atoms with E-state index in [0.717, 1.165) is 17.3 Å². The van der Waals surface area contributed by atoms with Crippen molar-refractivity contribution < 1.29 is 14.8 Å². The fourth-order valence-electron chi connectivity index (χ4n) is 1.59. The van der Waals surface area contributed by atoms with Crippen molar-refractivity contribution in [3.63, 3.8) is 0 Å². The average molecular weight is 290 g/mol. The lowest BCUT2D eigenvalue weighted by atomic mass is 10.2. The third kappa shape index (κ3) is 2.94. The zero-order chi connectivity index (χ0) is 14.7. The van der Waals surface area contributed by atoms with Gasteiger partial charge < -0.3 is 5.11 Å². The third-order valence-corrected chi connectivity index (χ3v) is 3.59. The van der Waals surface area contributed by atoms with Gasteiger partial charge in [-0.15, -0.1) is 0 Å². The summed E-state index contributed by atoms with van der Waals surface area (Å²) in [4.78, 5) is 26.0. The Labute approximate surface area is 118 Å². The Hall–Kier alpha value is -2.41. The summed E-state index contributed by atoms with van der Waals surface area (Å²) in [6.45, 7) is 1.81. The highest BCUT2D eigenvalue weighted by Gasteiger charge is 2.18. The summed E-state index contributed by atoms with van der Waals surface area (Å²) in [5.41, 5.74) is 0.807. The first kappa shape index (κ1) is 14.0. The predicted octanol–water partition coefficient (Wildman–Crippen LogP) is 3.15. The summed E-state index contributed by atoms with van der Waals surface area (Å²) in [6.07, 6.45) is 1.45. The number of pyridine rings is 1. The largest absolute Gasteiger partial charge is 0.478 e. The maximum absolute atomic E-state index is 11.1. The van der Waals surface area contributed by atoms with Crippen molar-refractivity contribution in [2.75, 3.05) is 0 Å². The molecule has 2 aromatic rings. The minimum Gasteiger partial charge on any atom is -0.478 e. The third-order valence-electron chi connectivity index (χ3n) is 2.52. The molecule has 0 unspecified atom stereocenters. The Morgan fingerprint density at radius 3 is 2.80 bits per heavy atom. The van der Waals surface area contributed by atoms with Crippen LogP contribution in [0.3, 0.4) is 0 Å². The molecule has 20 heavy (non-hydrogen) atoms. The van der Waals surface area contributed by atoms with Gasteiger partial charge in [-0.05, 0) is 30.7 Å². The van der Waals surface area contributed by atoms with E-state index in [0.29, 0.717) is 4.90 Å². The number of nitro groups is 1. The highest BCUT2D eigenvalue weighted by atomic mass is 32.2. The number of benzene rings is 1. The molecule has 0 radical (unpaired) electrons. The summed E-state index contributed by atoms with van der Waals surface area (Å²) < 4.78 is 0. The number of carbonyl (C=O) groups is 1. The van der Waals surface area contributed by atoms with Crippen molar-refractivity contribution >= 4 is 23.4 Å². The van der Waals surface area contributed by atoms with Crippen LogP contribution in [-0.4, -0.2) is 21.0 Å². The smallest absolute Gasteiger partial charge is 0.338 e. The molecule has 7 heteroatoms. The molecule has 0 atom stereocenters. The summed E-state index contributed by atoms with van der Waals surface area (Å²) in [6, 6.07) is 7.61. The lowest BCUT2D eigenvalue weighted by Gasteiger charge is -2.06. The molecule has 2 rings (SSSR count). The van der Waals surface area contributed by atoms with Crippen LogP contribution in [-0.2, 0) is 0 Å². The topological polar surface area (TPSA) is 93.3 Å². The molecule has 6 nitrogen and oxygen atoms in total. The Balaban J connectivity index is 2.47. The number of nitro benzene ring substituents is 1. The molecule has 0 amide bonds. The molecule has 0 saturated carbocycles. The van der Waals surface area contributed by atoms with E-state index in [9.17, 15) is 14.9 Å². The Bertz CT molecular complexity index is 688. The van der Waals surface area contributed by atoms with Gasteiger partial charge in [0.25, 0.3) is 5.69 Å². The van der Waals surface area contributed by atoms with Gasteiger partial charge in [-0.25, -0.2) is 9.78 Å². The number of rotatable bonds is 4. The first-order valence-electron chi connectivity index (χ1n) is 5.60. The number of hydrogen-bond donors (Lipinski definition) is 1. The zero-order valence-corrected chi connectivity index (χ0v) is 11.3. The van der Waals surface area contributed by atoms with Crippen molar-refractivity contribution in [1.29, 1.82) is 0 Å². The molecule has 1 aromatic heterocycles. The SMILES string of the molecule is Cc1ccc([N+](=O)[O-])c(Sc2ncccc2C(=O)O)c1. The summed E-state index contributed by atoms with van der Waals surface area (Å²) in [5, 5.41) is 20.3. The van der Waals surface area contributed by atoms with Gasteiger partial charge in [-0.1, -0.05) is 17.8 Å². The van der Waals surface area contributed by atoms with Crippen molar-refractivity contribution in [3.05, 3.63) is 57.8 Å². The summed E-state index contributed by atoms with van der Waals surface area (Å²) >= 11 is 0.978. The lowest BCUT2D eigenvalue weighted by Crippen LogP contribution is -2.00. The van der Waals surface area contributed by atoms with Crippen molar-refractivity contribution in [2.24, 2.45) is 0 Å². The van der Waals surface area contributed by atoms with Crippen LogP contribution in [0.1, 0.15) is 15.9 Å². The molecular weight excluding hydrogens is 280 g/mol. The van der Waals surface area contributed by atoms with Crippen LogP contribution in [0.2, 0.25) is 0 Å². The van der Waals surface area contributed by atoms with Gasteiger partial charge >= 0.3 is 5.97 Å². The summed E-state index contributed by atoms with van der Waals surface area (Å²) in [5.74, 6) is -1.11. The van der Waals surface area contributed by atoms with Crippen molar-refractivity contribution in [3.8, 4) is 0 Å². The molecule has 0 saturated heterocycles. The Morgan fingerprint density at radius 2 is 2.15 bits per heavy atom. The zero-order valence-electron chi connectivity index (χ0n) is 10.4. The van der Waals surface area contributed by atoms with E-state index < -0.39 is 10.9 Å². The van der Waals surface area contributed by atoms with Gasteiger partial charge in [0, 0.05) is 12.3 Å². The highest BCUT2D eigenvalue weighted by molar-refractivity contribution is 7.99. The molecule has 0 aliphatic rings. The molecule has 0 bridgehead atoms. The van der Waals surface area contributed by atoms with E-state index in [1.807, 2.05) is 6.92 Å². The normalized spacial score (nSPS) is 10.2. The van der Waals surface area contributed by atoms with Gasteiger partial charge in [0.2, 0.25) is 0 Å². The van der Waals surface area contributed by atoms with E-state index in [-0.39, 0.29) is 16.3 Å². The lowest BCUT2D eigenvalue weighted by molar-refractivity contribution is -0.387. The van der Waals surface area contributed by atoms with Crippen LogP contribution < -0.4 is 0 Å². The quantitative estimate of drug-likeness (QED) is 0.686. The van der Waals surface area contributed by atoms with Gasteiger partial charge in [-0.3, -0.25) is 10.1 Å². The van der Waals surface area contributed by atoms with E-state index in [1.165, 1.54) is 24.4 Å². The number of hydrogen-bond acceptors (Lipinski definition) is 5. The number of carboxylic acids is 1. The molecule has 0 aliphatic heterocycles. The van der Waals surface area contributed by atoms with E-state index in [1.54, 1.807) is 12.1 Å². The highest BCUT2D eigenvalue weighted by Crippen LogP contribution is 2.35. The maximum atomic E-state index is 11.1. The van der Waals surface area contributed by atoms with Crippen molar-refractivity contribution in [1.82, 2.24) is 4.98 Å². The second kappa shape index (κ2) is 5.70. The molecular formula is C13H10N2O4S. The molecule has 0 fully saturated rings. The second-order valence-electron chi connectivity index (χ2n) is 3.99. The van der Waals surface area contributed by atoms with E-state index in [4.69, 9.17) is 5.11 Å². The average Bonchev–Trinajstić information content (AvgIpc) is 2.38. The molecule has 1 aromatic carbocycles. The molecule has 1 heterocycles. The van der Waals surface area contributed by atoms with Gasteiger partial charge in [0.15, 0.2) is 0 Å². The predicted molar refractivity (Wildman–Crippen MR) is 73.2 cm³/mol. The van der Waals surface area contributed by atoms with Gasteiger partial charge in [0.05, 0.1) is 15.4 Å². The number of aryl methyl sites for hydroxylation is 1. The maximum Gasteiger partial charge on any atom is 0.338 e. The van der Waals surface area contributed by atoms with Crippen LogP contribution >= 0.6 is 11.8 Å². The Morgan fingerprint density at radius 1 is 1.40 bits per heavy atom. The number of carboxylic acid groups (broad SMARTS) is 1.